The number of aromatic nitrogens is 2. The molecule has 0 radical (unpaired) electrons. The van der Waals surface area contributed by atoms with Gasteiger partial charge >= 0.3 is 0 Å². The molecular weight excluding hydrogens is 214 g/mol. The smallest absolute Gasteiger partial charge is 0.0951 e. The Morgan fingerprint density at radius 2 is 2.29 bits per heavy atom. The molecule has 1 aliphatic rings. The molecule has 4 heteroatoms. The Labute approximate surface area is 103 Å². The second-order valence-corrected chi connectivity index (χ2v) is 4.77. The zero-order chi connectivity index (χ0) is 12.1. The van der Waals surface area contributed by atoms with Crippen molar-refractivity contribution in [3.05, 3.63) is 18.2 Å². The molecule has 4 nitrogen and oxygen atoms in total. The highest BCUT2D eigenvalue weighted by atomic mass is 16.5. The summed E-state index contributed by atoms with van der Waals surface area (Å²) >= 11 is 0. The lowest BCUT2D eigenvalue weighted by atomic mass is 9.94. The molecule has 96 valence electrons. The van der Waals surface area contributed by atoms with Crippen LogP contribution in [0.2, 0.25) is 0 Å². The zero-order valence-corrected chi connectivity index (χ0v) is 10.9. The number of methoxy groups -OCH3 is 1. The largest absolute Gasteiger partial charge is 0.383 e. The van der Waals surface area contributed by atoms with E-state index >= 15 is 0 Å². The van der Waals surface area contributed by atoms with Crippen LogP contribution in [0.15, 0.2) is 12.5 Å². The Kier molecular flexibility index (Phi) is 4.57. The van der Waals surface area contributed by atoms with Gasteiger partial charge in [-0.2, -0.15) is 0 Å². The topological polar surface area (TPSA) is 39.1 Å². The van der Waals surface area contributed by atoms with Gasteiger partial charge in [0.15, 0.2) is 0 Å². The summed E-state index contributed by atoms with van der Waals surface area (Å²) in [5.74, 6) is 0.657. The first-order valence-corrected chi connectivity index (χ1v) is 6.58. The van der Waals surface area contributed by atoms with Gasteiger partial charge in [-0.25, -0.2) is 4.98 Å². The molecule has 2 rings (SSSR count). The summed E-state index contributed by atoms with van der Waals surface area (Å²) in [5.41, 5.74) is 1.38. The number of hydrogen-bond acceptors (Lipinski definition) is 3. The number of rotatable bonds is 5. The lowest BCUT2D eigenvalue weighted by Gasteiger charge is -2.26. The number of piperidine rings is 1. The Morgan fingerprint density at radius 3 is 2.94 bits per heavy atom. The maximum atomic E-state index is 5.30. The number of hydrogen-bond donors (Lipinski definition) is 1. The average Bonchev–Trinajstić information content (AvgIpc) is 2.86. The van der Waals surface area contributed by atoms with Crippen LogP contribution in [0.4, 0.5) is 0 Å². The van der Waals surface area contributed by atoms with Crippen LogP contribution in [0.25, 0.3) is 0 Å². The van der Waals surface area contributed by atoms with E-state index in [1.54, 1.807) is 7.11 Å². The van der Waals surface area contributed by atoms with Crippen molar-refractivity contribution in [1.29, 1.82) is 0 Å². The van der Waals surface area contributed by atoms with Crippen LogP contribution in [0.1, 0.15) is 43.8 Å². The summed E-state index contributed by atoms with van der Waals surface area (Å²) in [6.07, 6.45) is 7.52. The molecule has 1 unspecified atom stereocenters. The molecule has 1 fully saturated rings. The van der Waals surface area contributed by atoms with E-state index in [1.807, 2.05) is 12.5 Å². The third-order valence-electron chi connectivity index (χ3n) is 3.68. The highest BCUT2D eigenvalue weighted by Gasteiger charge is 2.21. The summed E-state index contributed by atoms with van der Waals surface area (Å²) < 4.78 is 7.62. The van der Waals surface area contributed by atoms with E-state index in [1.165, 1.54) is 18.5 Å². The van der Waals surface area contributed by atoms with Crippen molar-refractivity contribution >= 4 is 0 Å². The molecule has 1 aromatic heterocycles. The van der Waals surface area contributed by atoms with E-state index < -0.39 is 0 Å². The fourth-order valence-electron chi connectivity index (χ4n) is 2.64. The van der Waals surface area contributed by atoms with Gasteiger partial charge in [0.2, 0.25) is 0 Å². The first kappa shape index (κ1) is 12.6. The van der Waals surface area contributed by atoms with Crippen molar-refractivity contribution in [2.45, 2.75) is 38.1 Å². The quantitative estimate of drug-likeness (QED) is 0.850. The average molecular weight is 237 g/mol. The molecular formula is C13H23N3O. The van der Waals surface area contributed by atoms with Gasteiger partial charge in [0.05, 0.1) is 19.0 Å². The molecule has 0 spiro atoms. The molecule has 1 atom stereocenters. The van der Waals surface area contributed by atoms with Gasteiger partial charge in [0.1, 0.15) is 0 Å². The van der Waals surface area contributed by atoms with Gasteiger partial charge in [-0.05, 0) is 32.4 Å². The van der Waals surface area contributed by atoms with E-state index in [0.717, 1.165) is 26.1 Å². The third-order valence-corrected chi connectivity index (χ3v) is 3.68. The maximum Gasteiger partial charge on any atom is 0.0951 e. The van der Waals surface area contributed by atoms with Crippen molar-refractivity contribution in [1.82, 2.24) is 14.9 Å². The van der Waals surface area contributed by atoms with Crippen LogP contribution in [0.5, 0.6) is 0 Å². The highest BCUT2D eigenvalue weighted by molar-refractivity contribution is 5.09. The summed E-state index contributed by atoms with van der Waals surface area (Å²) in [5, 5.41) is 3.41. The van der Waals surface area contributed by atoms with E-state index in [9.17, 15) is 0 Å². The van der Waals surface area contributed by atoms with Crippen molar-refractivity contribution < 1.29 is 4.74 Å². The molecule has 0 aromatic carbocycles. The maximum absolute atomic E-state index is 5.30. The monoisotopic (exact) mass is 237 g/mol. The first-order valence-electron chi connectivity index (χ1n) is 6.58. The lowest BCUT2D eigenvalue weighted by Crippen LogP contribution is -2.28. The molecule has 0 bridgehead atoms. The van der Waals surface area contributed by atoms with Gasteiger partial charge in [0.25, 0.3) is 0 Å². The van der Waals surface area contributed by atoms with E-state index in [4.69, 9.17) is 4.74 Å². The Balaban J connectivity index is 2.14. The predicted molar refractivity (Wildman–Crippen MR) is 68.3 cm³/mol. The summed E-state index contributed by atoms with van der Waals surface area (Å²) in [7, 11) is 1.77. The van der Waals surface area contributed by atoms with Crippen molar-refractivity contribution in [3.8, 4) is 0 Å². The van der Waals surface area contributed by atoms with Crippen LogP contribution in [-0.2, 0) is 4.74 Å². The first-order chi connectivity index (χ1) is 8.36. The number of nitrogens with one attached hydrogen (secondary N) is 1. The standard InChI is InChI=1S/C13H23N3O/c1-3-12(9-17-2)16-10-15-8-13(16)11-4-6-14-7-5-11/h8,10-12,14H,3-7,9H2,1-2H3. The zero-order valence-electron chi connectivity index (χ0n) is 10.9. The molecule has 0 amide bonds. The molecule has 17 heavy (non-hydrogen) atoms. The summed E-state index contributed by atoms with van der Waals surface area (Å²) in [6.45, 7) is 5.22. The molecule has 0 saturated carbocycles. The van der Waals surface area contributed by atoms with Gasteiger partial charge in [0, 0.05) is 24.9 Å². The van der Waals surface area contributed by atoms with Crippen molar-refractivity contribution in [3.63, 3.8) is 0 Å². The molecule has 2 heterocycles. The number of ether oxygens (including phenoxy) is 1. The van der Waals surface area contributed by atoms with Crippen LogP contribution in [-0.4, -0.2) is 36.4 Å². The third kappa shape index (κ3) is 2.87. The van der Waals surface area contributed by atoms with Gasteiger partial charge in [-0.1, -0.05) is 6.92 Å². The van der Waals surface area contributed by atoms with Crippen LogP contribution in [0.3, 0.4) is 0 Å². The van der Waals surface area contributed by atoms with Gasteiger partial charge in [-0.15, -0.1) is 0 Å². The Bertz CT molecular complexity index is 312. The fourth-order valence-corrected chi connectivity index (χ4v) is 2.64. The highest BCUT2D eigenvalue weighted by Crippen LogP contribution is 2.27. The van der Waals surface area contributed by atoms with Gasteiger partial charge < -0.3 is 14.6 Å². The second kappa shape index (κ2) is 6.17. The minimum absolute atomic E-state index is 0.424. The van der Waals surface area contributed by atoms with Crippen LogP contribution < -0.4 is 5.32 Å². The SMILES string of the molecule is CCC(COC)n1cncc1C1CCNCC1. The van der Waals surface area contributed by atoms with E-state index in [2.05, 4.69) is 21.8 Å². The predicted octanol–water partition coefficient (Wildman–Crippen LogP) is 1.95. The molecule has 1 aliphatic heterocycles. The molecule has 1 N–H and O–H groups in total. The second-order valence-electron chi connectivity index (χ2n) is 4.77. The summed E-state index contributed by atoms with van der Waals surface area (Å²) in [6, 6.07) is 0.424. The normalized spacial score (nSPS) is 19.4. The lowest BCUT2D eigenvalue weighted by molar-refractivity contribution is 0.151. The van der Waals surface area contributed by atoms with Crippen molar-refractivity contribution in [2.24, 2.45) is 0 Å². The fraction of sp³-hybridized carbons (Fsp3) is 0.769. The molecule has 1 aromatic rings. The van der Waals surface area contributed by atoms with Crippen LogP contribution in [0, 0.1) is 0 Å². The van der Waals surface area contributed by atoms with E-state index in [0.29, 0.717) is 12.0 Å². The minimum Gasteiger partial charge on any atom is -0.383 e. The Morgan fingerprint density at radius 1 is 1.53 bits per heavy atom. The Hall–Kier alpha value is -0.870. The molecule has 0 aliphatic carbocycles. The van der Waals surface area contributed by atoms with Crippen molar-refractivity contribution in [2.75, 3.05) is 26.8 Å². The van der Waals surface area contributed by atoms with Crippen LogP contribution >= 0.6 is 0 Å². The molecule has 1 saturated heterocycles. The number of nitrogens with zero attached hydrogens (tertiary/aromatic N) is 2. The van der Waals surface area contributed by atoms with E-state index in [-0.39, 0.29) is 0 Å². The van der Waals surface area contributed by atoms with Gasteiger partial charge in [-0.3, -0.25) is 0 Å². The minimum atomic E-state index is 0.424. The summed E-state index contributed by atoms with van der Waals surface area (Å²) in [4.78, 5) is 4.34. The number of imidazole rings is 1.